The molecule has 5 heteroatoms. The number of ketones is 1. The number of esters is 1. The normalized spacial score (nSPS) is 12.0. The minimum absolute atomic E-state index is 0.0688. The summed E-state index contributed by atoms with van der Waals surface area (Å²) < 4.78 is 16.4. The number of carbonyl (C=O) groups is 2. The first-order chi connectivity index (χ1) is 13.5. The average Bonchev–Trinajstić information content (AvgIpc) is 2.72. The van der Waals surface area contributed by atoms with Gasteiger partial charge in [-0.15, -0.1) is 0 Å². The summed E-state index contributed by atoms with van der Waals surface area (Å²) in [4.78, 5) is 25.5. The number of ether oxygens (including phenoxy) is 3. The van der Waals surface area contributed by atoms with Gasteiger partial charge in [0.05, 0.1) is 12.2 Å². The molecule has 1 atom stereocenters. The molecule has 0 saturated carbocycles. The van der Waals surface area contributed by atoms with Gasteiger partial charge in [0.15, 0.2) is 5.78 Å². The molecule has 1 unspecified atom stereocenters. The molecule has 0 aromatic heterocycles. The first kappa shape index (κ1) is 21.8. The van der Waals surface area contributed by atoms with Crippen LogP contribution < -0.4 is 0 Å². The Kier molecular flexibility index (Phi) is 8.85. The van der Waals surface area contributed by atoms with Gasteiger partial charge < -0.3 is 14.2 Å². The maximum Gasteiger partial charge on any atom is 0.338 e. The lowest BCUT2D eigenvalue weighted by molar-refractivity contribution is -0.134. The minimum atomic E-state index is -0.808. The number of hydrogen-bond acceptors (Lipinski definition) is 5. The van der Waals surface area contributed by atoms with Gasteiger partial charge in [0.1, 0.15) is 12.7 Å². The summed E-state index contributed by atoms with van der Waals surface area (Å²) in [5, 5.41) is 0. The molecule has 2 rings (SSSR count). The van der Waals surface area contributed by atoms with E-state index in [2.05, 4.69) is 0 Å². The number of rotatable bonds is 11. The molecule has 0 aliphatic rings. The predicted octanol–water partition coefficient (Wildman–Crippen LogP) is 4.36. The van der Waals surface area contributed by atoms with Crippen molar-refractivity contribution in [3.8, 4) is 0 Å². The Hall–Kier alpha value is -2.50. The van der Waals surface area contributed by atoms with Gasteiger partial charge in [-0.05, 0) is 18.1 Å². The van der Waals surface area contributed by atoms with Gasteiger partial charge in [-0.25, -0.2) is 4.79 Å². The average molecular weight is 384 g/mol. The Morgan fingerprint density at radius 2 is 1.61 bits per heavy atom. The molecule has 0 fully saturated rings. The molecule has 0 aliphatic carbocycles. The summed E-state index contributed by atoms with van der Waals surface area (Å²) >= 11 is 0. The summed E-state index contributed by atoms with van der Waals surface area (Å²) in [7, 11) is 1.62. The third kappa shape index (κ3) is 6.29. The number of hydrogen-bond donors (Lipinski definition) is 0. The third-order valence-electron chi connectivity index (χ3n) is 4.28. The monoisotopic (exact) mass is 384 g/mol. The quantitative estimate of drug-likeness (QED) is 0.425. The van der Waals surface area contributed by atoms with Gasteiger partial charge in [-0.3, -0.25) is 4.79 Å². The van der Waals surface area contributed by atoms with Crippen LogP contribution in [0.5, 0.6) is 0 Å². The first-order valence-electron chi connectivity index (χ1n) is 9.48. The summed E-state index contributed by atoms with van der Waals surface area (Å²) in [6.07, 6.45) is -0.142. The Morgan fingerprint density at radius 1 is 0.929 bits per heavy atom. The molecule has 2 aromatic carbocycles. The van der Waals surface area contributed by atoms with E-state index >= 15 is 0 Å². The number of methoxy groups -OCH3 is 1. The number of benzene rings is 2. The lowest BCUT2D eigenvalue weighted by atomic mass is 9.94. The highest BCUT2D eigenvalue weighted by Gasteiger charge is 2.28. The van der Waals surface area contributed by atoms with E-state index in [1.807, 2.05) is 44.2 Å². The van der Waals surface area contributed by atoms with Crippen LogP contribution in [0.4, 0.5) is 0 Å². The van der Waals surface area contributed by atoms with E-state index in [1.54, 1.807) is 31.4 Å². The van der Waals surface area contributed by atoms with E-state index in [-0.39, 0.29) is 18.3 Å². The molecule has 0 N–H and O–H groups in total. The van der Waals surface area contributed by atoms with Gasteiger partial charge in [-0.1, -0.05) is 62.4 Å². The van der Waals surface area contributed by atoms with Crippen molar-refractivity contribution in [3.05, 3.63) is 71.3 Å². The van der Waals surface area contributed by atoms with E-state index in [0.29, 0.717) is 30.8 Å². The Bertz CT molecular complexity index is 755. The van der Waals surface area contributed by atoms with Crippen molar-refractivity contribution in [3.63, 3.8) is 0 Å². The fourth-order valence-electron chi connectivity index (χ4n) is 2.74. The first-order valence-corrected chi connectivity index (χ1v) is 9.48. The van der Waals surface area contributed by atoms with Crippen LogP contribution in [0, 0.1) is 5.92 Å². The summed E-state index contributed by atoms with van der Waals surface area (Å²) in [5.74, 6) is -0.761. The topological polar surface area (TPSA) is 61.8 Å². The maximum absolute atomic E-state index is 12.8. The molecule has 0 amide bonds. The van der Waals surface area contributed by atoms with E-state index in [9.17, 15) is 9.59 Å². The van der Waals surface area contributed by atoms with E-state index in [1.165, 1.54) is 0 Å². The van der Waals surface area contributed by atoms with Crippen molar-refractivity contribution >= 4 is 11.8 Å². The maximum atomic E-state index is 12.8. The lowest BCUT2D eigenvalue weighted by Gasteiger charge is -2.21. The highest BCUT2D eigenvalue weighted by molar-refractivity contribution is 5.95. The van der Waals surface area contributed by atoms with Crippen molar-refractivity contribution < 1.29 is 23.8 Å². The zero-order valence-corrected chi connectivity index (χ0v) is 16.7. The predicted molar refractivity (Wildman–Crippen MR) is 107 cm³/mol. The zero-order valence-electron chi connectivity index (χ0n) is 16.7. The van der Waals surface area contributed by atoms with Crippen LogP contribution in [-0.4, -0.2) is 32.1 Å². The van der Waals surface area contributed by atoms with Crippen molar-refractivity contribution in [2.45, 2.75) is 33.0 Å². The minimum Gasteiger partial charge on any atom is -0.457 e. The Balaban J connectivity index is 2.19. The number of carbonyl (C=O) groups excluding carboxylic acids is 2. The van der Waals surface area contributed by atoms with Crippen LogP contribution in [0.15, 0.2) is 54.6 Å². The van der Waals surface area contributed by atoms with Crippen LogP contribution in [0.2, 0.25) is 0 Å². The molecule has 0 aliphatic heterocycles. The SMILES string of the molecule is COCCCOC(C(=O)C(C)C)c1ccccc1C(=O)OCc1ccccc1. The summed E-state index contributed by atoms with van der Waals surface area (Å²) in [6.45, 7) is 4.73. The third-order valence-corrected chi connectivity index (χ3v) is 4.28. The summed E-state index contributed by atoms with van der Waals surface area (Å²) in [6, 6.07) is 16.4. The van der Waals surface area contributed by atoms with E-state index < -0.39 is 12.1 Å². The molecule has 0 saturated heterocycles. The number of Topliss-reactive ketones (excluding diaryl/α,β-unsaturated/α-hetero) is 1. The molecule has 0 heterocycles. The molecule has 28 heavy (non-hydrogen) atoms. The van der Waals surface area contributed by atoms with Gasteiger partial charge in [0.2, 0.25) is 0 Å². The molecule has 2 aromatic rings. The fourth-order valence-corrected chi connectivity index (χ4v) is 2.74. The second kappa shape index (κ2) is 11.4. The molecular formula is C23H28O5. The highest BCUT2D eigenvalue weighted by atomic mass is 16.5. The molecule has 5 nitrogen and oxygen atoms in total. The molecular weight excluding hydrogens is 356 g/mol. The zero-order chi connectivity index (χ0) is 20.4. The van der Waals surface area contributed by atoms with Crippen LogP contribution in [0.25, 0.3) is 0 Å². The standard InChI is InChI=1S/C23H28O5/c1-17(2)21(24)22(27-15-9-14-26-3)19-12-7-8-13-20(19)23(25)28-16-18-10-5-4-6-11-18/h4-8,10-13,17,22H,9,14-16H2,1-3H3. The molecule has 150 valence electrons. The van der Waals surface area contributed by atoms with Gasteiger partial charge in [-0.2, -0.15) is 0 Å². The van der Waals surface area contributed by atoms with Crippen LogP contribution in [0.1, 0.15) is 47.9 Å². The van der Waals surface area contributed by atoms with Gasteiger partial charge in [0, 0.05) is 25.2 Å². The lowest BCUT2D eigenvalue weighted by Crippen LogP contribution is -2.24. The van der Waals surface area contributed by atoms with E-state index in [4.69, 9.17) is 14.2 Å². The smallest absolute Gasteiger partial charge is 0.338 e. The van der Waals surface area contributed by atoms with Crippen molar-refractivity contribution in [1.29, 1.82) is 0 Å². The van der Waals surface area contributed by atoms with Gasteiger partial charge >= 0.3 is 5.97 Å². The van der Waals surface area contributed by atoms with Crippen LogP contribution in [-0.2, 0) is 25.6 Å². The van der Waals surface area contributed by atoms with Crippen LogP contribution in [0.3, 0.4) is 0 Å². The summed E-state index contributed by atoms with van der Waals surface area (Å²) in [5.41, 5.74) is 1.79. The fraction of sp³-hybridized carbons (Fsp3) is 0.391. The second-order valence-corrected chi connectivity index (χ2v) is 6.80. The van der Waals surface area contributed by atoms with E-state index in [0.717, 1.165) is 5.56 Å². The largest absolute Gasteiger partial charge is 0.457 e. The van der Waals surface area contributed by atoms with Crippen molar-refractivity contribution in [2.75, 3.05) is 20.3 Å². The van der Waals surface area contributed by atoms with Crippen LogP contribution >= 0.6 is 0 Å². The van der Waals surface area contributed by atoms with Gasteiger partial charge in [0.25, 0.3) is 0 Å². The molecule has 0 spiro atoms. The molecule has 0 bridgehead atoms. The van der Waals surface area contributed by atoms with Crippen molar-refractivity contribution in [2.24, 2.45) is 5.92 Å². The highest BCUT2D eigenvalue weighted by Crippen LogP contribution is 2.26. The Morgan fingerprint density at radius 3 is 2.29 bits per heavy atom. The Labute approximate surface area is 166 Å². The van der Waals surface area contributed by atoms with Crippen molar-refractivity contribution in [1.82, 2.24) is 0 Å². The second-order valence-electron chi connectivity index (χ2n) is 6.80. The molecule has 0 radical (unpaired) electrons.